The molecule has 1 amide bonds. The first-order chi connectivity index (χ1) is 12.9. The van der Waals surface area contributed by atoms with E-state index in [1.807, 2.05) is 39.8 Å². The molecule has 0 N–H and O–H groups in total. The van der Waals surface area contributed by atoms with Crippen LogP contribution in [0.25, 0.3) is 11.8 Å². The standard InChI is InChI=1S/C20H21F2N3OS/c1-5-23-20-24(6-2)19(26)18(27-20)10-14-9-12(3)25(13(14)4)17-8-7-15(21)11-16(17)22/h7-11H,5-6H2,1-4H3/b18-10+,23-20?. The zero-order valence-electron chi connectivity index (χ0n) is 15.7. The van der Waals surface area contributed by atoms with Crippen LogP contribution >= 0.6 is 11.8 Å². The van der Waals surface area contributed by atoms with Crippen molar-refractivity contribution in [2.24, 2.45) is 4.99 Å². The number of likely N-dealkylation sites (N-methyl/N-ethyl adjacent to an activating group) is 1. The molecule has 1 aromatic heterocycles. The molecule has 0 bridgehead atoms. The maximum absolute atomic E-state index is 14.2. The maximum atomic E-state index is 14.2. The molecule has 3 rings (SSSR count). The first-order valence-electron chi connectivity index (χ1n) is 8.77. The van der Waals surface area contributed by atoms with Crippen molar-refractivity contribution >= 4 is 28.9 Å². The van der Waals surface area contributed by atoms with E-state index in [0.717, 1.165) is 23.0 Å². The molecule has 4 nitrogen and oxygen atoms in total. The van der Waals surface area contributed by atoms with Gasteiger partial charge in [0.1, 0.15) is 11.6 Å². The van der Waals surface area contributed by atoms with Gasteiger partial charge in [-0.15, -0.1) is 0 Å². The van der Waals surface area contributed by atoms with Crippen LogP contribution in [0.1, 0.15) is 30.8 Å². The largest absolute Gasteiger partial charge is 0.315 e. The number of amides is 1. The van der Waals surface area contributed by atoms with Crippen LogP contribution in [0, 0.1) is 25.5 Å². The van der Waals surface area contributed by atoms with Crippen LogP contribution in [-0.4, -0.2) is 33.6 Å². The summed E-state index contributed by atoms with van der Waals surface area (Å²) in [5, 5.41) is 0.703. The van der Waals surface area contributed by atoms with E-state index in [1.165, 1.54) is 23.9 Å². The summed E-state index contributed by atoms with van der Waals surface area (Å²) in [7, 11) is 0. The fourth-order valence-corrected chi connectivity index (χ4v) is 4.24. The molecule has 0 aliphatic carbocycles. The molecule has 0 saturated carbocycles. The van der Waals surface area contributed by atoms with E-state index < -0.39 is 11.6 Å². The summed E-state index contributed by atoms with van der Waals surface area (Å²) in [5.74, 6) is -1.32. The molecule has 27 heavy (non-hydrogen) atoms. The number of carbonyl (C=O) groups is 1. The molecular weight excluding hydrogens is 368 g/mol. The van der Waals surface area contributed by atoms with Crippen molar-refractivity contribution in [2.45, 2.75) is 27.7 Å². The lowest BCUT2D eigenvalue weighted by Gasteiger charge is -2.11. The monoisotopic (exact) mass is 389 g/mol. The number of aryl methyl sites for hydroxylation is 1. The normalized spacial score (nSPS) is 17.6. The minimum atomic E-state index is -0.628. The van der Waals surface area contributed by atoms with Crippen LogP contribution in [0.4, 0.5) is 8.78 Å². The SMILES string of the molecule is CCN=C1S/C(=C/c2cc(C)n(-c3ccc(F)cc3F)c2C)C(=O)N1CC. The molecule has 1 saturated heterocycles. The van der Waals surface area contributed by atoms with Gasteiger partial charge in [-0.3, -0.25) is 14.7 Å². The third-order valence-electron chi connectivity index (χ3n) is 4.41. The number of amidine groups is 1. The third kappa shape index (κ3) is 3.56. The Morgan fingerprint density at radius 3 is 2.56 bits per heavy atom. The predicted octanol–water partition coefficient (Wildman–Crippen LogP) is 4.68. The van der Waals surface area contributed by atoms with Gasteiger partial charge in [0.15, 0.2) is 5.17 Å². The lowest BCUT2D eigenvalue weighted by atomic mass is 10.2. The second-order valence-electron chi connectivity index (χ2n) is 6.17. The molecule has 2 heterocycles. The number of hydrogen-bond donors (Lipinski definition) is 0. The molecule has 1 aromatic carbocycles. The Morgan fingerprint density at radius 2 is 1.93 bits per heavy atom. The van der Waals surface area contributed by atoms with Crippen LogP contribution in [0.5, 0.6) is 0 Å². The van der Waals surface area contributed by atoms with E-state index in [0.29, 0.717) is 23.2 Å². The van der Waals surface area contributed by atoms with Crippen LogP contribution < -0.4 is 0 Å². The highest BCUT2D eigenvalue weighted by molar-refractivity contribution is 8.18. The van der Waals surface area contributed by atoms with Gasteiger partial charge in [0, 0.05) is 30.5 Å². The molecular formula is C20H21F2N3OS. The first-order valence-corrected chi connectivity index (χ1v) is 9.59. The molecule has 2 aromatic rings. The Labute approximate surface area is 161 Å². The number of halogens is 2. The molecule has 1 aliphatic heterocycles. The highest BCUT2D eigenvalue weighted by Gasteiger charge is 2.32. The number of carbonyl (C=O) groups excluding carboxylic acids is 1. The van der Waals surface area contributed by atoms with Gasteiger partial charge in [-0.1, -0.05) is 0 Å². The number of hydrogen-bond acceptors (Lipinski definition) is 3. The van der Waals surface area contributed by atoms with E-state index in [-0.39, 0.29) is 11.6 Å². The van der Waals surface area contributed by atoms with Gasteiger partial charge in [-0.2, -0.15) is 0 Å². The lowest BCUT2D eigenvalue weighted by molar-refractivity contribution is -0.122. The van der Waals surface area contributed by atoms with Crippen molar-refractivity contribution in [1.82, 2.24) is 9.47 Å². The van der Waals surface area contributed by atoms with Crippen molar-refractivity contribution in [3.05, 3.63) is 57.8 Å². The number of rotatable bonds is 4. The Balaban J connectivity index is 2.04. The molecule has 142 valence electrons. The summed E-state index contributed by atoms with van der Waals surface area (Å²) in [6.45, 7) is 8.71. The lowest BCUT2D eigenvalue weighted by Crippen LogP contribution is -2.28. The van der Waals surface area contributed by atoms with E-state index in [4.69, 9.17) is 0 Å². The van der Waals surface area contributed by atoms with E-state index in [1.54, 1.807) is 9.47 Å². The van der Waals surface area contributed by atoms with Gasteiger partial charge in [-0.25, -0.2) is 8.78 Å². The van der Waals surface area contributed by atoms with Gasteiger partial charge in [-0.05, 0) is 69.3 Å². The fraction of sp³-hybridized carbons (Fsp3) is 0.300. The van der Waals surface area contributed by atoms with Crippen LogP contribution in [0.15, 0.2) is 34.2 Å². The summed E-state index contributed by atoms with van der Waals surface area (Å²) in [5.41, 5.74) is 2.68. The summed E-state index contributed by atoms with van der Waals surface area (Å²) in [4.78, 5) is 19.3. The smallest absolute Gasteiger partial charge is 0.266 e. The van der Waals surface area contributed by atoms with Crippen molar-refractivity contribution in [3.8, 4) is 5.69 Å². The quantitative estimate of drug-likeness (QED) is 0.712. The van der Waals surface area contributed by atoms with Crippen molar-refractivity contribution in [1.29, 1.82) is 0 Å². The topological polar surface area (TPSA) is 37.6 Å². The summed E-state index contributed by atoms with van der Waals surface area (Å²) < 4.78 is 29.2. The first kappa shape index (κ1) is 19.4. The molecule has 0 spiro atoms. The fourth-order valence-electron chi connectivity index (χ4n) is 3.15. The summed E-state index contributed by atoms with van der Waals surface area (Å²) >= 11 is 1.35. The molecule has 0 atom stereocenters. The van der Waals surface area contributed by atoms with Crippen molar-refractivity contribution < 1.29 is 13.6 Å². The number of aromatic nitrogens is 1. The zero-order chi connectivity index (χ0) is 19.7. The van der Waals surface area contributed by atoms with Crippen LogP contribution in [0.2, 0.25) is 0 Å². The highest BCUT2D eigenvalue weighted by atomic mass is 32.2. The molecule has 7 heteroatoms. The van der Waals surface area contributed by atoms with Gasteiger partial charge in [0.2, 0.25) is 0 Å². The Bertz CT molecular complexity index is 962. The number of benzene rings is 1. The van der Waals surface area contributed by atoms with Crippen molar-refractivity contribution in [2.75, 3.05) is 13.1 Å². The highest BCUT2D eigenvalue weighted by Crippen LogP contribution is 2.34. The number of nitrogens with zero attached hydrogens (tertiary/aromatic N) is 3. The van der Waals surface area contributed by atoms with Crippen molar-refractivity contribution in [3.63, 3.8) is 0 Å². The summed E-state index contributed by atoms with van der Waals surface area (Å²) in [6, 6.07) is 5.42. The molecule has 1 aliphatic rings. The minimum Gasteiger partial charge on any atom is -0.315 e. The molecule has 0 unspecified atom stereocenters. The minimum absolute atomic E-state index is 0.0764. The second kappa shape index (κ2) is 7.68. The number of aliphatic imine (C=N–C) groups is 1. The van der Waals surface area contributed by atoms with Gasteiger partial charge >= 0.3 is 0 Å². The Hall–Kier alpha value is -2.41. The Kier molecular flexibility index (Phi) is 5.51. The second-order valence-corrected chi connectivity index (χ2v) is 7.18. The van der Waals surface area contributed by atoms with E-state index in [9.17, 15) is 13.6 Å². The third-order valence-corrected chi connectivity index (χ3v) is 5.45. The zero-order valence-corrected chi connectivity index (χ0v) is 16.5. The predicted molar refractivity (Wildman–Crippen MR) is 106 cm³/mol. The average molecular weight is 389 g/mol. The maximum Gasteiger partial charge on any atom is 0.266 e. The van der Waals surface area contributed by atoms with Crippen LogP contribution in [0.3, 0.4) is 0 Å². The van der Waals surface area contributed by atoms with Crippen LogP contribution in [-0.2, 0) is 4.79 Å². The molecule has 1 fully saturated rings. The van der Waals surface area contributed by atoms with Gasteiger partial charge in [0.25, 0.3) is 5.91 Å². The summed E-state index contributed by atoms with van der Waals surface area (Å²) in [6.07, 6.45) is 1.81. The number of thioether (sulfide) groups is 1. The van der Waals surface area contributed by atoms with E-state index >= 15 is 0 Å². The Morgan fingerprint density at radius 1 is 1.19 bits per heavy atom. The average Bonchev–Trinajstić information content (AvgIpc) is 3.05. The van der Waals surface area contributed by atoms with E-state index in [2.05, 4.69) is 4.99 Å². The van der Waals surface area contributed by atoms with Gasteiger partial charge < -0.3 is 4.57 Å². The van der Waals surface area contributed by atoms with Gasteiger partial charge in [0.05, 0.1) is 10.6 Å². The molecule has 0 radical (unpaired) electrons.